The Morgan fingerprint density at radius 1 is 1.53 bits per heavy atom. The fraction of sp³-hybridized carbons (Fsp3) is 0.400. The Hall–Kier alpha value is -2.02. The predicted molar refractivity (Wildman–Crippen MR) is 61.4 cm³/mol. The van der Waals surface area contributed by atoms with E-state index in [2.05, 4.69) is 5.32 Å². The molecule has 1 aromatic rings. The van der Waals surface area contributed by atoms with E-state index in [1.165, 1.54) is 6.07 Å². The SMILES string of the molecule is CC(CN)Nc1cc2c(cc1[N+](=O)[O-])OCO2. The van der Waals surface area contributed by atoms with E-state index in [1.54, 1.807) is 6.07 Å². The molecule has 1 aliphatic heterocycles. The molecule has 1 atom stereocenters. The number of hydrogen-bond donors (Lipinski definition) is 2. The second-order valence-corrected chi connectivity index (χ2v) is 3.76. The van der Waals surface area contributed by atoms with Gasteiger partial charge in [-0.3, -0.25) is 10.1 Å². The summed E-state index contributed by atoms with van der Waals surface area (Å²) in [5.74, 6) is 0.893. The first-order valence-electron chi connectivity index (χ1n) is 5.16. The zero-order chi connectivity index (χ0) is 12.4. The number of nitrogens with one attached hydrogen (secondary N) is 1. The van der Waals surface area contributed by atoms with Gasteiger partial charge in [0.15, 0.2) is 11.5 Å². The third kappa shape index (κ3) is 2.23. The molecule has 0 fully saturated rings. The van der Waals surface area contributed by atoms with Crippen LogP contribution < -0.4 is 20.5 Å². The monoisotopic (exact) mass is 239 g/mol. The van der Waals surface area contributed by atoms with Crippen LogP contribution in [0.4, 0.5) is 11.4 Å². The van der Waals surface area contributed by atoms with E-state index in [0.29, 0.717) is 23.7 Å². The Morgan fingerprint density at radius 2 is 2.18 bits per heavy atom. The topological polar surface area (TPSA) is 99.7 Å². The van der Waals surface area contributed by atoms with Gasteiger partial charge in [-0.2, -0.15) is 0 Å². The molecule has 0 saturated carbocycles. The average Bonchev–Trinajstić information content (AvgIpc) is 2.74. The maximum absolute atomic E-state index is 10.9. The van der Waals surface area contributed by atoms with Crippen LogP contribution in [-0.4, -0.2) is 24.3 Å². The summed E-state index contributed by atoms with van der Waals surface area (Å²) in [6, 6.07) is 2.86. The largest absolute Gasteiger partial charge is 0.454 e. The maximum atomic E-state index is 10.9. The van der Waals surface area contributed by atoms with Crippen molar-refractivity contribution in [2.45, 2.75) is 13.0 Å². The van der Waals surface area contributed by atoms with Gasteiger partial charge >= 0.3 is 0 Å². The van der Waals surface area contributed by atoms with E-state index >= 15 is 0 Å². The van der Waals surface area contributed by atoms with Crippen molar-refractivity contribution < 1.29 is 14.4 Å². The highest BCUT2D eigenvalue weighted by molar-refractivity contribution is 5.69. The molecule has 0 saturated heterocycles. The molecule has 1 heterocycles. The predicted octanol–water partition coefficient (Wildman–Crippen LogP) is 1.08. The Balaban J connectivity index is 2.38. The fourth-order valence-corrected chi connectivity index (χ4v) is 1.52. The first-order valence-corrected chi connectivity index (χ1v) is 5.16. The summed E-state index contributed by atoms with van der Waals surface area (Å²) in [6.45, 7) is 2.31. The lowest BCUT2D eigenvalue weighted by Gasteiger charge is -2.13. The maximum Gasteiger partial charge on any atom is 0.296 e. The molecule has 17 heavy (non-hydrogen) atoms. The number of rotatable bonds is 4. The lowest BCUT2D eigenvalue weighted by Crippen LogP contribution is -2.25. The molecule has 1 aliphatic rings. The number of fused-ring (bicyclic) bond motifs is 1. The number of nitrogens with two attached hydrogens (primary N) is 1. The molecule has 1 aromatic carbocycles. The third-order valence-corrected chi connectivity index (χ3v) is 2.44. The van der Waals surface area contributed by atoms with Crippen molar-refractivity contribution in [1.82, 2.24) is 0 Å². The molecule has 0 aromatic heterocycles. The number of hydrogen-bond acceptors (Lipinski definition) is 6. The van der Waals surface area contributed by atoms with Crippen LogP contribution in [0.2, 0.25) is 0 Å². The molecular formula is C10H13N3O4. The molecule has 0 amide bonds. The van der Waals surface area contributed by atoms with Gasteiger partial charge in [-0.15, -0.1) is 0 Å². The number of ether oxygens (including phenoxy) is 2. The number of anilines is 1. The number of nitro groups is 1. The van der Waals surface area contributed by atoms with Gasteiger partial charge in [-0.25, -0.2) is 0 Å². The van der Waals surface area contributed by atoms with E-state index in [4.69, 9.17) is 15.2 Å². The van der Waals surface area contributed by atoms with E-state index < -0.39 is 4.92 Å². The van der Waals surface area contributed by atoms with Crippen molar-refractivity contribution in [2.24, 2.45) is 5.73 Å². The first-order chi connectivity index (χ1) is 8.11. The Morgan fingerprint density at radius 3 is 2.76 bits per heavy atom. The standard InChI is InChI=1S/C10H13N3O4/c1-6(4-11)12-7-2-9-10(17-5-16-9)3-8(7)13(14)15/h2-3,6,12H,4-5,11H2,1H3. The van der Waals surface area contributed by atoms with Crippen LogP contribution in [0.5, 0.6) is 11.5 Å². The lowest BCUT2D eigenvalue weighted by molar-refractivity contribution is -0.384. The summed E-state index contributed by atoms with van der Waals surface area (Å²) in [4.78, 5) is 10.5. The van der Waals surface area contributed by atoms with Gasteiger partial charge in [0.2, 0.25) is 6.79 Å². The summed E-state index contributed by atoms with van der Waals surface area (Å²) in [5, 5.41) is 13.9. The van der Waals surface area contributed by atoms with Crippen molar-refractivity contribution in [3.63, 3.8) is 0 Å². The van der Waals surface area contributed by atoms with Gasteiger partial charge in [-0.1, -0.05) is 0 Å². The van der Waals surface area contributed by atoms with Gasteiger partial charge in [0.1, 0.15) is 5.69 Å². The highest BCUT2D eigenvalue weighted by Gasteiger charge is 2.23. The second kappa shape index (κ2) is 4.46. The molecule has 1 unspecified atom stereocenters. The van der Waals surface area contributed by atoms with Crippen LogP contribution in [0.3, 0.4) is 0 Å². The summed E-state index contributed by atoms with van der Waals surface area (Å²) in [6.07, 6.45) is 0. The zero-order valence-electron chi connectivity index (χ0n) is 9.30. The van der Waals surface area contributed by atoms with E-state index in [1.807, 2.05) is 6.92 Å². The molecule has 3 N–H and O–H groups in total. The number of nitro benzene ring substituents is 1. The fourth-order valence-electron chi connectivity index (χ4n) is 1.52. The molecule has 92 valence electrons. The minimum Gasteiger partial charge on any atom is -0.454 e. The molecule has 0 spiro atoms. The van der Waals surface area contributed by atoms with Crippen molar-refractivity contribution in [1.29, 1.82) is 0 Å². The first kappa shape index (κ1) is 11.5. The number of nitrogens with zero attached hydrogens (tertiary/aromatic N) is 1. The normalized spacial score (nSPS) is 14.5. The lowest BCUT2D eigenvalue weighted by atomic mass is 10.2. The van der Waals surface area contributed by atoms with Gasteiger partial charge in [0, 0.05) is 18.7 Å². The van der Waals surface area contributed by atoms with Gasteiger partial charge < -0.3 is 20.5 Å². The second-order valence-electron chi connectivity index (χ2n) is 3.76. The van der Waals surface area contributed by atoms with Crippen LogP contribution in [0.1, 0.15) is 6.92 Å². The molecule has 0 radical (unpaired) electrons. The minimum atomic E-state index is -0.465. The van der Waals surface area contributed by atoms with Crippen LogP contribution in [0.15, 0.2) is 12.1 Å². The average molecular weight is 239 g/mol. The van der Waals surface area contributed by atoms with E-state index in [-0.39, 0.29) is 18.5 Å². The van der Waals surface area contributed by atoms with Crippen molar-refractivity contribution in [2.75, 3.05) is 18.7 Å². The summed E-state index contributed by atoms with van der Waals surface area (Å²) in [5.41, 5.74) is 5.81. The molecule has 7 heteroatoms. The van der Waals surface area contributed by atoms with Crippen LogP contribution in [0.25, 0.3) is 0 Å². The summed E-state index contributed by atoms with van der Waals surface area (Å²) >= 11 is 0. The van der Waals surface area contributed by atoms with Gasteiger partial charge in [-0.05, 0) is 6.92 Å². The Labute approximate surface area is 97.7 Å². The molecule has 0 aliphatic carbocycles. The van der Waals surface area contributed by atoms with E-state index in [0.717, 1.165) is 0 Å². The van der Waals surface area contributed by atoms with Gasteiger partial charge in [0.25, 0.3) is 5.69 Å². The highest BCUT2D eigenvalue weighted by Crippen LogP contribution is 2.40. The Kier molecular flexibility index (Phi) is 3.01. The van der Waals surface area contributed by atoms with Crippen molar-refractivity contribution >= 4 is 11.4 Å². The summed E-state index contributed by atoms with van der Waals surface area (Å²) < 4.78 is 10.3. The molecule has 0 bridgehead atoms. The van der Waals surface area contributed by atoms with Crippen molar-refractivity contribution in [3.05, 3.63) is 22.2 Å². The number of benzene rings is 1. The third-order valence-electron chi connectivity index (χ3n) is 2.44. The van der Waals surface area contributed by atoms with Gasteiger partial charge in [0.05, 0.1) is 11.0 Å². The minimum absolute atomic E-state index is 0.0467. The molecular weight excluding hydrogens is 226 g/mol. The van der Waals surface area contributed by atoms with Crippen LogP contribution >= 0.6 is 0 Å². The summed E-state index contributed by atoms with van der Waals surface area (Å²) in [7, 11) is 0. The molecule has 7 nitrogen and oxygen atoms in total. The smallest absolute Gasteiger partial charge is 0.296 e. The van der Waals surface area contributed by atoms with Crippen LogP contribution in [-0.2, 0) is 0 Å². The highest BCUT2D eigenvalue weighted by atomic mass is 16.7. The molecule has 2 rings (SSSR count). The quantitative estimate of drug-likeness (QED) is 0.602. The van der Waals surface area contributed by atoms with E-state index in [9.17, 15) is 10.1 Å². The zero-order valence-corrected chi connectivity index (χ0v) is 9.30. The van der Waals surface area contributed by atoms with Crippen LogP contribution in [0, 0.1) is 10.1 Å². The van der Waals surface area contributed by atoms with Crippen molar-refractivity contribution in [3.8, 4) is 11.5 Å². The Bertz CT molecular complexity index is 449.